The number of hydrazine groups is 1. The van der Waals surface area contributed by atoms with Crippen LogP contribution in [0.1, 0.15) is 30.5 Å². The van der Waals surface area contributed by atoms with Gasteiger partial charge in [-0.25, -0.2) is 4.98 Å². The highest BCUT2D eigenvalue weighted by Crippen LogP contribution is 2.23. The van der Waals surface area contributed by atoms with Crippen molar-refractivity contribution in [2.75, 3.05) is 12.8 Å². The molecule has 90 valence electrons. The van der Waals surface area contributed by atoms with Crippen molar-refractivity contribution in [1.29, 1.82) is 0 Å². The number of methoxy groups -OCH3 is 1. The van der Waals surface area contributed by atoms with Gasteiger partial charge in [0.25, 0.3) is 0 Å². The predicted molar refractivity (Wildman–Crippen MR) is 64.5 cm³/mol. The van der Waals surface area contributed by atoms with E-state index in [1.807, 2.05) is 19.9 Å². The van der Waals surface area contributed by atoms with Gasteiger partial charge in [-0.2, -0.15) is 0 Å². The van der Waals surface area contributed by atoms with Crippen molar-refractivity contribution in [2.24, 2.45) is 5.84 Å². The Morgan fingerprint density at radius 2 is 2.25 bits per heavy atom. The Labute approximate surface area is 96.2 Å². The number of ether oxygens (including phenoxy) is 1. The molecule has 16 heavy (non-hydrogen) atoms. The zero-order valence-electron chi connectivity index (χ0n) is 10.0. The molecule has 0 fully saturated rings. The third-order valence-electron chi connectivity index (χ3n) is 2.63. The monoisotopic (exact) mass is 224 g/mol. The Morgan fingerprint density at radius 1 is 1.56 bits per heavy atom. The van der Waals surface area contributed by atoms with Crippen LogP contribution in [-0.2, 0) is 4.74 Å². The van der Waals surface area contributed by atoms with Crippen LogP contribution in [0.15, 0.2) is 12.3 Å². The molecule has 1 aromatic heterocycles. The summed E-state index contributed by atoms with van der Waals surface area (Å²) >= 11 is 0. The fourth-order valence-corrected chi connectivity index (χ4v) is 1.59. The van der Waals surface area contributed by atoms with Crippen molar-refractivity contribution >= 4 is 5.82 Å². The average molecular weight is 224 g/mol. The fraction of sp³-hybridized carbons (Fsp3) is 0.545. The number of rotatable bonds is 5. The van der Waals surface area contributed by atoms with Gasteiger partial charge >= 0.3 is 0 Å². The zero-order chi connectivity index (χ0) is 12.1. The van der Waals surface area contributed by atoms with Crippen molar-refractivity contribution in [1.82, 2.24) is 10.4 Å². The van der Waals surface area contributed by atoms with Gasteiger partial charge in [-0.1, -0.05) is 0 Å². The molecular weight excluding hydrogens is 204 g/mol. The number of nitrogens with two attached hydrogens (primary N) is 2. The summed E-state index contributed by atoms with van der Waals surface area (Å²) in [6.45, 7) is 3.97. The molecule has 0 aliphatic carbocycles. The summed E-state index contributed by atoms with van der Waals surface area (Å²) in [6, 6.07) is 1.96. The normalized spacial score (nSPS) is 14.8. The number of anilines is 1. The molecule has 1 heterocycles. The maximum Gasteiger partial charge on any atom is 0.128 e. The van der Waals surface area contributed by atoms with Gasteiger partial charge in [0.15, 0.2) is 0 Å². The van der Waals surface area contributed by atoms with E-state index in [1.165, 1.54) is 0 Å². The lowest BCUT2D eigenvalue weighted by Gasteiger charge is -2.21. The molecule has 5 nitrogen and oxygen atoms in total. The molecule has 5 N–H and O–H groups in total. The van der Waals surface area contributed by atoms with Crippen LogP contribution in [0.3, 0.4) is 0 Å². The second-order valence-electron chi connectivity index (χ2n) is 3.99. The minimum Gasteiger partial charge on any atom is -0.383 e. The van der Waals surface area contributed by atoms with Crippen molar-refractivity contribution in [3.8, 4) is 0 Å². The standard InChI is InChI=1S/C11H20N4O/c1-7-4-9(11(12)14-6-7)10(15-13)5-8(2)16-3/h4,6,8,10,15H,5,13H2,1-3H3,(H2,12,14). The second-order valence-corrected chi connectivity index (χ2v) is 3.99. The molecule has 0 aromatic carbocycles. The second kappa shape index (κ2) is 5.79. The molecular formula is C11H20N4O. The average Bonchev–Trinajstić information content (AvgIpc) is 2.29. The van der Waals surface area contributed by atoms with E-state index in [0.717, 1.165) is 17.5 Å². The molecule has 1 rings (SSSR count). The lowest BCUT2D eigenvalue weighted by Crippen LogP contribution is -2.31. The smallest absolute Gasteiger partial charge is 0.128 e. The molecule has 0 bridgehead atoms. The van der Waals surface area contributed by atoms with Crippen LogP contribution in [0.5, 0.6) is 0 Å². The van der Waals surface area contributed by atoms with E-state index < -0.39 is 0 Å². The highest BCUT2D eigenvalue weighted by atomic mass is 16.5. The van der Waals surface area contributed by atoms with E-state index >= 15 is 0 Å². The van der Waals surface area contributed by atoms with Crippen LogP contribution in [-0.4, -0.2) is 18.2 Å². The van der Waals surface area contributed by atoms with Gasteiger partial charge in [0.1, 0.15) is 5.82 Å². The Kier molecular flexibility index (Phi) is 4.67. The van der Waals surface area contributed by atoms with E-state index in [0.29, 0.717) is 5.82 Å². The van der Waals surface area contributed by atoms with E-state index in [-0.39, 0.29) is 12.1 Å². The van der Waals surface area contributed by atoms with Crippen LogP contribution in [0.25, 0.3) is 0 Å². The number of hydrogen-bond donors (Lipinski definition) is 3. The van der Waals surface area contributed by atoms with E-state index in [1.54, 1.807) is 13.3 Å². The fourth-order valence-electron chi connectivity index (χ4n) is 1.59. The van der Waals surface area contributed by atoms with Crippen LogP contribution in [0, 0.1) is 6.92 Å². The summed E-state index contributed by atoms with van der Waals surface area (Å²) in [4.78, 5) is 4.12. The summed E-state index contributed by atoms with van der Waals surface area (Å²) in [6.07, 6.45) is 2.61. The van der Waals surface area contributed by atoms with Crippen molar-refractivity contribution in [3.05, 3.63) is 23.4 Å². The minimum atomic E-state index is -0.0395. The molecule has 0 aliphatic rings. The van der Waals surface area contributed by atoms with E-state index in [2.05, 4.69) is 10.4 Å². The molecule has 0 saturated heterocycles. The van der Waals surface area contributed by atoms with Gasteiger partial charge in [-0.3, -0.25) is 11.3 Å². The molecule has 0 aliphatic heterocycles. The molecule has 1 aromatic rings. The van der Waals surface area contributed by atoms with Gasteiger partial charge in [0.2, 0.25) is 0 Å². The first kappa shape index (κ1) is 12.9. The first-order chi connectivity index (χ1) is 7.58. The number of pyridine rings is 1. The maximum absolute atomic E-state index is 5.84. The van der Waals surface area contributed by atoms with E-state index in [9.17, 15) is 0 Å². The Balaban J connectivity index is 2.89. The van der Waals surface area contributed by atoms with Gasteiger partial charge in [-0.05, 0) is 31.9 Å². The van der Waals surface area contributed by atoms with Gasteiger partial charge in [-0.15, -0.1) is 0 Å². The molecule has 0 amide bonds. The Hall–Kier alpha value is -1.17. The largest absolute Gasteiger partial charge is 0.383 e. The first-order valence-electron chi connectivity index (χ1n) is 5.29. The number of hydrogen-bond acceptors (Lipinski definition) is 5. The quantitative estimate of drug-likeness (QED) is 0.511. The summed E-state index contributed by atoms with van der Waals surface area (Å²) in [5, 5.41) is 0. The van der Waals surface area contributed by atoms with Gasteiger partial charge < -0.3 is 10.5 Å². The lowest BCUT2D eigenvalue weighted by atomic mass is 10.0. The molecule has 0 saturated carbocycles. The van der Waals surface area contributed by atoms with E-state index in [4.69, 9.17) is 16.3 Å². The Morgan fingerprint density at radius 3 is 2.81 bits per heavy atom. The predicted octanol–water partition coefficient (Wildman–Crippen LogP) is 0.902. The van der Waals surface area contributed by atoms with Gasteiger partial charge in [0.05, 0.1) is 12.1 Å². The number of aromatic nitrogens is 1. The summed E-state index contributed by atoms with van der Waals surface area (Å²) < 4.78 is 5.22. The third kappa shape index (κ3) is 3.16. The van der Waals surface area contributed by atoms with Crippen LogP contribution in [0.4, 0.5) is 5.82 Å². The zero-order valence-corrected chi connectivity index (χ0v) is 10.0. The lowest BCUT2D eigenvalue weighted by molar-refractivity contribution is 0.100. The number of nitrogens with zero attached hydrogens (tertiary/aromatic N) is 1. The first-order valence-corrected chi connectivity index (χ1v) is 5.29. The topological polar surface area (TPSA) is 86.2 Å². The number of nitrogens with one attached hydrogen (secondary N) is 1. The molecule has 0 spiro atoms. The van der Waals surface area contributed by atoms with Crippen molar-refractivity contribution < 1.29 is 4.74 Å². The third-order valence-corrected chi connectivity index (χ3v) is 2.63. The molecule has 2 atom stereocenters. The van der Waals surface area contributed by atoms with Crippen LogP contribution in [0.2, 0.25) is 0 Å². The van der Waals surface area contributed by atoms with Crippen molar-refractivity contribution in [3.63, 3.8) is 0 Å². The summed E-state index contributed by atoms with van der Waals surface area (Å²) in [5.74, 6) is 6.05. The Bertz CT molecular complexity index is 343. The summed E-state index contributed by atoms with van der Waals surface area (Å²) in [5.41, 5.74) is 10.6. The van der Waals surface area contributed by atoms with Crippen LogP contribution < -0.4 is 17.0 Å². The minimum absolute atomic E-state index is 0.0395. The number of nitrogen functional groups attached to an aromatic ring is 1. The SMILES string of the molecule is COC(C)CC(NN)c1cc(C)cnc1N. The molecule has 0 radical (unpaired) electrons. The maximum atomic E-state index is 5.84. The number of aryl methyl sites for hydroxylation is 1. The highest BCUT2D eigenvalue weighted by Gasteiger charge is 2.16. The highest BCUT2D eigenvalue weighted by molar-refractivity contribution is 5.42. The molecule has 2 unspecified atom stereocenters. The van der Waals surface area contributed by atoms with Crippen molar-refractivity contribution in [2.45, 2.75) is 32.4 Å². The molecule has 5 heteroatoms. The summed E-state index contributed by atoms with van der Waals surface area (Å²) in [7, 11) is 1.68. The van der Waals surface area contributed by atoms with Gasteiger partial charge in [0, 0.05) is 18.9 Å². The van der Waals surface area contributed by atoms with Crippen LogP contribution >= 0.6 is 0 Å².